The van der Waals surface area contributed by atoms with Crippen molar-refractivity contribution in [2.45, 2.75) is 63.1 Å². The molecule has 2 atom stereocenters. The summed E-state index contributed by atoms with van der Waals surface area (Å²) in [6.07, 6.45) is 2.60. The van der Waals surface area contributed by atoms with Crippen molar-refractivity contribution in [2.75, 3.05) is 6.61 Å². The van der Waals surface area contributed by atoms with Crippen LogP contribution in [0, 0.1) is 13.8 Å². The summed E-state index contributed by atoms with van der Waals surface area (Å²) in [6.45, 7) is 4.25. The van der Waals surface area contributed by atoms with Crippen LogP contribution in [0.4, 0.5) is 4.79 Å². The number of nitrogens with zero attached hydrogens (tertiary/aromatic N) is 2. The number of hydrogen-bond acceptors (Lipinski definition) is 4. The van der Waals surface area contributed by atoms with Gasteiger partial charge in [-0.25, -0.2) is 4.79 Å². The van der Waals surface area contributed by atoms with E-state index in [0.717, 1.165) is 29.8 Å². The molecule has 3 aromatic rings. The largest absolute Gasteiger partial charge is 0.448 e. The minimum absolute atomic E-state index is 0.0138. The molecule has 2 unspecified atom stereocenters. The molecule has 2 fully saturated rings. The Kier molecular flexibility index (Phi) is 4.99. The van der Waals surface area contributed by atoms with E-state index in [1.165, 1.54) is 22.3 Å². The fraction of sp³-hybridized carbons (Fsp3) is 0.379. The van der Waals surface area contributed by atoms with Crippen LogP contribution in [-0.2, 0) is 10.3 Å². The highest BCUT2D eigenvalue weighted by Gasteiger charge is 2.51. The van der Waals surface area contributed by atoms with E-state index in [1.54, 1.807) is 0 Å². The number of piperidine rings is 1. The first kappa shape index (κ1) is 21.4. The van der Waals surface area contributed by atoms with Gasteiger partial charge >= 0.3 is 6.09 Å². The maximum atomic E-state index is 13.3. The van der Waals surface area contributed by atoms with Crippen molar-refractivity contribution in [3.8, 4) is 11.1 Å². The predicted molar refractivity (Wildman–Crippen MR) is 131 cm³/mol. The molecule has 1 aliphatic carbocycles. The average Bonchev–Trinajstić information content (AvgIpc) is 3.29. The number of aryl methyl sites for hydroxylation is 2. The number of ether oxygens (including phenoxy) is 1. The van der Waals surface area contributed by atoms with Crippen molar-refractivity contribution in [1.82, 2.24) is 9.88 Å². The molecule has 0 radical (unpaired) electrons. The molecule has 1 aromatic heterocycles. The monoisotopic (exact) mass is 454 g/mol. The molecular weight excluding hydrogens is 424 g/mol. The zero-order chi connectivity index (χ0) is 23.4. The molecule has 34 heavy (non-hydrogen) atoms. The third-order valence-electron chi connectivity index (χ3n) is 8.04. The van der Waals surface area contributed by atoms with Crippen molar-refractivity contribution in [3.05, 3.63) is 88.7 Å². The lowest BCUT2D eigenvalue weighted by Crippen LogP contribution is -2.52. The van der Waals surface area contributed by atoms with Crippen molar-refractivity contribution in [2.24, 2.45) is 0 Å². The standard InChI is InChI=1S/C29H30N2O3/c1-18-11-14-27(19(2)30-18)29(33)15-20-12-13-21(16-29)31(20)28(32)34-17-26-24-9-5-3-7-22(24)23-8-4-6-10-25(23)26/h3-11,14,20-21,26,33H,12-13,15-17H2,1-2H3. The second kappa shape index (κ2) is 7.95. The summed E-state index contributed by atoms with van der Waals surface area (Å²) in [5, 5.41) is 11.6. The quantitative estimate of drug-likeness (QED) is 0.571. The summed E-state index contributed by atoms with van der Waals surface area (Å²) < 4.78 is 5.97. The van der Waals surface area contributed by atoms with Gasteiger partial charge in [-0.3, -0.25) is 4.98 Å². The van der Waals surface area contributed by atoms with E-state index in [1.807, 2.05) is 43.0 Å². The van der Waals surface area contributed by atoms with Gasteiger partial charge in [0, 0.05) is 47.8 Å². The summed E-state index contributed by atoms with van der Waals surface area (Å²) in [5.41, 5.74) is 6.65. The molecule has 5 heteroatoms. The molecule has 2 aliphatic heterocycles. The first-order valence-corrected chi connectivity index (χ1v) is 12.2. The number of aliphatic hydroxyl groups is 1. The van der Waals surface area contributed by atoms with Crippen LogP contribution in [0.1, 0.15) is 59.7 Å². The van der Waals surface area contributed by atoms with Crippen molar-refractivity contribution >= 4 is 6.09 Å². The van der Waals surface area contributed by atoms with Crippen molar-refractivity contribution < 1.29 is 14.6 Å². The molecule has 174 valence electrons. The molecule has 5 nitrogen and oxygen atoms in total. The van der Waals surface area contributed by atoms with Gasteiger partial charge in [0.15, 0.2) is 0 Å². The van der Waals surface area contributed by atoms with Gasteiger partial charge in [0.1, 0.15) is 6.61 Å². The van der Waals surface area contributed by atoms with Crippen LogP contribution in [0.25, 0.3) is 11.1 Å². The van der Waals surface area contributed by atoms with Gasteiger partial charge in [0.2, 0.25) is 0 Å². The van der Waals surface area contributed by atoms with E-state index in [9.17, 15) is 9.90 Å². The van der Waals surface area contributed by atoms with Crippen LogP contribution < -0.4 is 0 Å². The molecule has 6 rings (SSSR count). The maximum absolute atomic E-state index is 13.3. The summed E-state index contributed by atoms with van der Waals surface area (Å²) in [4.78, 5) is 19.8. The number of aromatic nitrogens is 1. The number of benzene rings is 2. The van der Waals surface area contributed by atoms with E-state index in [2.05, 4.69) is 41.4 Å². The molecule has 0 saturated carbocycles. The molecule has 2 bridgehead atoms. The van der Waals surface area contributed by atoms with Gasteiger partial charge in [0.05, 0.1) is 5.60 Å². The Morgan fingerprint density at radius 2 is 1.56 bits per heavy atom. The fourth-order valence-electron chi connectivity index (χ4n) is 6.59. The zero-order valence-corrected chi connectivity index (χ0v) is 19.7. The summed E-state index contributed by atoms with van der Waals surface area (Å²) in [6, 6.07) is 20.7. The maximum Gasteiger partial charge on any atom is 0.410 e. The van der Waals surface area contributed by atoms with Gasteiger partial charge in [-0.1, -0.05) is 54.6 Å². The minimum atomic E-state index is -0.948. The Hall–Kier alpha value is -3.18. The lowest BCUT2D eigenvalue weighted by molar-refractivity contribution is -0.0537. The number of pyridine rings is 1. The van der Waals surface area contributed by atoms with Gasteiger partial charge in [0.25, 0.3) is 0 Å². The van der Waals surface area contributed by atoms with Gasteiger partial charge in [-0.05, 0) is 55.0 Å². The van der Waals surface area contributed by atoms with Gasteiger partial charge < -0.3 is 14.7 Å². The Balaban J connectivity index is 1.19. The summed E-state index contributed by atoms with van der Waals surface area (Å²) in [5.74, 6) is 0.0528. The molecular formula is C29H30N2O3. The number of hydrogen-bond donors (Lipinski definition) is 1. The number of rotatable bonds is 3. The highest BCUT2D eigenvalue weighted by molar-refractivity contribution is 5.79. The average molecular weight is 455 g/mol. The smallest absolute Gasteiger partial charge is 0.410 e. The normalized spacial score (nSPS) is 25.2. The highest BCUT2D eigenvalue weighted by atomic mass is 16.6. The molecule has 2 aromatic carbocycles. The van der Waals surface area contributed by atoms with Crippen LogP contribution in [0.3, 0.4) is 0 Å². The Labute approximate surface area is 200 Å². The summed E-state index contributed by atoms with van der Waals surface area (Å²) >= 11 is 0. The lowest BCUT2D eigenvalue weighted by Gasteiger charge is -2.43. The van der Waals surface area contributed by atoms with E-state index in [-0.39, 0.29) is 24.1 Å². The second-order valence-electron chi connectivity index (χ2n) is 10.1. The van der Waals surface area contributed by atoms with E-state index >= 15 is 0 Å². The topological polar surface area (TPSA) is 62.7 Å². The van der Waals surface area contributed by atoms with Crippen LogP contribution in [0.2, 0.25) is 0 Å². The van der Waals surface area contributed by atoms with Crippen LogP contribution >= 0.6 is 0 Å². The minimum Gasteiger partial charge on any atom is -0.448 e. The van der Waals surface area contributed by atoms with E-state index in [0.29, 0.717) is 19.4 Å². The molecule has 1 amide bonds. The van der Waals surface area contributed by atoms with E-state index < -0.39 is 5.60 Å². The van der Waals surface area contributed by atoms with Crippen molar-refractivity contribution in [1.29, 1.82) is 0 Å². The molecule has 1 N–H and O–H groups in total. The first-order chi connectivity index (χ1) is 16.4. The van der Waals surface area contributed by atoms with Crippen LogP contribution in [0.15, 0.2) is 60.7 Å². The van der Waals surface area contributed by atoms with Crippen LogP contribution in [-0.4, -0.2) is 39.8 Å². The number of carbonyl (C=O) groups excluding carboxylic acids is 1. The predicted octanol–water partition coefficient (Wildman–Crippen LogP) is 5.46. The molecule has 2 saturated heterocycles. The molecule has 0 spiro atoms. The van der Waals surface area contributed by atoms with E-state index in [4.69, 9.17) is 4.74 Å². The molecule has 3 aliphatic rings. The number of carbonyl (C=O) groups is 1. The SMILES string of the molecule is Cc1ccc(C2(O)CC3CCC(C2)N3C(=O)OCC2c3ccccc3-c3ccccc32)c(C)n1. The Bertz CT molecular complexity index is 1210. The van der Waals surface area contributed by atoms with Gasteiger partial charge in [-0.15, -0.1) is 0 Å². The van der Waals surface area contributed by atoms with Crippen molar-refractivity contribution in [3.63, 3.8) is 0 Å². The number of amides is 1. The third-order valence-corrected chi connectivity index (χ3v) is 8.04. The Morgan fingerprint density at radius 3 is 2.15 bits per heavy atom. The zero-order valence-electron chi connectivity index (χ0n) is 19.7. The lowest BCUT2D eigenvalue weighted by atomic mass is 9.80. The fourth-order valence-corrected chi connectivity index (χ4v) is 6.59. The van der Waals surface area contributed by atoms with Gasteiger partial charge in [-0.2, -0.15) is 0 Å². The summed E-state index contributed by atoms with van der Waals surface area (Å²) in [7, 11) is 0. The second-order valence-corrected chi connectivity index (χ2v) is 10.1. The van der Waals surface area contributed by atoms with Crippen LogP contribution in [0.5, 0.6) is 0 Å². The number of fused-ring (bicyclic) bond motifs is 5. The molecule has 3 heterocycles. The third kappa shape index (κ3) is 3.33. The Morgan fingerprint density at radius 1 is 0.971 bits per heavy atom. The first-order valence-electron chi connectivity index (χ1n) is 12.2. The highest BCUT2D eigenvalue weighted by Crippen LogP contribution is 2.47.